The third-order valence-corrected chi connectivity index (χ3v) is 2.64. The Morgan fingerprint density at radius 2 is 2.26 bits per heavy atom. The lowest BCUT2D eigenvalue weighted by molar-refractivity contribution is -0.118. The molecule has 2 N–H and O–H groups in total. The molecule has 7 nitrogen and oxygen atoms in total. The van der Waals surface area contributed by atoms with Gasteiger partial charge in [-0.2, -0.15) is 4.99 Å². The number of carbonyl (C=O) groups is 2. The van der Waals surface area contributed by atoms with Gasteiger partial charge < -0.3 is 14.7 Å². The van der Waals surface area contributed by atoms with Gasteiger partial charge in [-0.1, -0.05) is 0 Å². The molecular formula is C12H13N3O4. The highest BCUT2D eigenvalue weighted by molar-refractivity contribution is 6.11. The van der Waals surface area contributed by atoms with Crippen LogP contribution in [0, 0.1) is 0 Å². The fourth-order valence-electron chi connectivity index (χ4n) is 1.64. The molecule has 0 radical (unpaired) electrons. The van der Waals surface area contributed by atoms with Crippen molar-refractivity contribution in [2.45, 2.75) is 0 Å². The van der Waals surface area contributed by atoms with Gasteiger partial charge in [0.25, 0.3) is 5.91 Å². The van der Waals surface area contributed by atoms with Crippen LogP contribution in [0.5, 0.6) is 11.5 Å². The number of benzene rings is 1. The van der Waals surface area contributed by atoms with Crippen molar-refractivity contribution >= 4 is 17.8 Å². The standard InChI is InChI=1S/C12H13N3O4/c1-15-6-10(17)13-12(15)14-11(18)8-4-3-7(19-2)5-9(8)16/h3-5,16H,6H2,1-2H3,(H,13,14,17,18). The highest BCUT2D eigenvalue weighted by atomic mass is 16.5. The van der Waals surface area contributed by atoms with E-state index in [1.54, 1.807) is 13.1 Å². The molecule has 0 spiro atoms. The number of likely N-dealkylation sites (N-methyl/N-ethyl adjacent to an activating group) is 1. The molecule has 1 heterocycles. The number of nitrogens with one attached hydrogen (secondary N) is 1. The molecule has 0 unspecified atom stereocenters. The fourth-order valence-corrected chi connectivity index (χ4v) is 1.64. The maximum atomic E-state index is 11.9. The van der Waals surface area contributed by atoms with E-state index in [1.807, 2.05) is 0 Å². The number of aromatic hydroxyl groups is 1. The predicted octanol–water partition coefficient (Wildman–Crippen LogP) is -0.0414. The Labute approximate surface area is 109 Å². The summed E-state index contributed by atoms with van der Waals surface area (Å²) in [5.41, 5.74) is 0.0443. The lowest BCUT2D eigenvalue weighted by Crippen LogP contribution is -2.28. The molecule has 1 aliphatic heterocycles. The van der Waals surface area contributed by atoms with E-state index in [2.05, 4.69) is 10.3 Å². The SMILES string of the molecule is COc1ccc(C(=O)N=C2NC(=O)CN2C)c(O)c1. The molecular weight excluding hydrogens is 250 g/mol. The Kier molecular flexibility index (Phi) is 3.37. The molecule has 0 aliphatic carbocycles. The van der Waals surface area contributed by atoms with Gasteiger partial charge in [-0.15, -0.1) is 0 Å². The van der Waals surface area contributed by atoms with E-state index in [9.17, 15) is 14.7 Å². The minimum absolute atomic E-state index is 0.0443. The highest BCUT2D eigenvalue weighted by Gasteiger charge is 2.23. The molecule has 1 aromatic carbocycles. The van der Waals surface area contributed by atoms with Crippen molar-refractivity contribution in [1.29, 1.82) is 0 Å². The smallest absolute Gasteiger partial charge is 0.283 e. The Balaban J connectivity index is 2.25. The van der Waals surface area contributed by atoms with E-state index >= 15 is 0 Å². The Bertz CT molecular complexity index is 568. The number of phenolic OH excluding ortho intramolecular Hbond substituents is 1. The second kappa shape index (κ2) is 4.97. The number of amides is 2. The van der Waals surface area contributed by atoms with Gasteiger partial charge >= 0.3 is 0 Å². The topological polar surface area (TPSA) is 91.2 Å². The molecule has 2 rings (SSSR count). The first-order chi connectivity index (χ1) is 9.01. The molecule has 0 aromatic heterocycles. The molecule has 0 bridgehead atoms. The maximum absolute atomic E-state index is 11.9. The number of rotatable bonds is 2. The van der Waals surface area contributed by atoms with Gasteiger partial charge in [-0.25, -0.2) is 0 Å². The zero-order valence-corrected chi connectivity index (χ0v) is 10.5. The van der Waals surface area contributed by atoms with Crippen LogP contribution >= 0.6 is 0 Å². The van der Waals surface area contributed by atoms with Crippen LogP contribution in [-0.2, 0) is 4.79 Å². The van der Waals surface area contributed by atoms with E-state index in [4.69, 9.17) is 4.74 Å². The number of aliphatic imine (C=N–C) groups is 1. The van der Waals surface area contributed by atoms with Crippen LogP contribution in [0.1, 0.15) is 10.4 Å². The van der Waals surface area contributed by atoms with Crippen LogP contribution in [0.15, 0.2) is 23.2 Å². The van der Waals surface area contributed by atoms with Crippen molar-refractivity contribution in [3.63, 3.8) is 0 Å². The van der Waals surface area contributed by atoms with E-state index < -0.39 is 5.91 Å². The fraction of sp³-hybridized carbons (Fsp3) is 0.250. The summed E-state index contributed by atoms with van der Waals surface area (Å²) in [7, 11) is 3.09. The third kappa shape index (κ3) is 2.65. The first kappa shape index (κ1) is 12.9. The third-order valence-electron chi connectivity index (χ3n) is 2.64. The number of carbonyl (C=O) groups excluding carboxylic acids is 2. The van der Waals surface area contributed by atoms with Crippen LogP contribution in [0.2, 0.25) is 0 Å². The highest BCUT2D eigenvalue weighted by Crippen LogP contribution is 2.24. The molecule has 100 valence electrons. The maximum Gasteiger partial charge on any atom is 0.283 e. The number of ether oxygens (including phenoxy) is 1. The number of guanidine groups is 1. The molecule has 0 saturated carbocycles. The summed E-state index contributed by atoms with van der Waals surface area (Å²) < 4.78 is 4.92. The Hall–Kier alpha value is -2.57. The predicted molar refractivity (Wildman–Crippen MR) is 67.2 cm³/mol. The number of hydrogen-bond donors (Lipinski definition) is 2. The van der Waals surface area contributed by atoms with Crippen LogP contribution in [0.4, 0.5) is 0 Å². The average Bonchev–Trinajstić information content (AvgIpc) is 2.67. The van der Waals surface area contributed by atoms with Crippen LogP contribution in [-0.4, -0.2) is 48.5 Å². The van der Waals surface area contributed by atoms with E-state index in [-0.39, 0.29) is 29.7 Å². The zero-order chi connectivity index (χ0) is 14.0. The summed E-state index contributed by atoms with van der Waals surface area (Å²) in [6.45, 7) is 0.153. The molecule has 1 saturated heterocycles. The largest absolute Gasteiger partial charge is 0.507 e. The van der Waals surface area contributed by atoms with Crippen LogP contribution in [0.25, 0.3) is 0 Å². The normalized spacial score (nSPS) is 16.6. The van der Waals surface area contributed by atoms with Gasteiger partial charge in [0, 0.05) is 13.1 Å². The summed E-state index contributed by atoms with van der Waals surface area (Å²) in [6, 6.07) is 4.28. The van der Waals surface area contributed by atoms with E-state index in [0.29, 0.717) is 5.75 Å². The summed E-state index contributed by atoms with van der Waals surface area (Å²) in [6.07, 6.45) is 0. The monoisotopic (exact) mass is 263 g/mol. The van der Waals surface area contributed by atoms with Crippen LogP contribution in [0.3, 0.4) is 0 Å². The Morgan fingerprint density at radius 3 is 2.79 bits per heavy atom. The van der Waals surface area contributed by atoms with Crippen LogP contribution < -0.4 is 10.1 Å². The van der Waals surface area contributed by atoms with E-state index in [1.165, 1.54) is 24.1 Å². The molecule has 2 amide bonds. The molecule has 1 aliphatic rings. The second-order valence-electron chi connectivity index (χ2n) is 4.03. The van der Waals surface area contributed by atoms with Gasteiger partial charge in [-0.05, 0) is 12.1 Å². The lowest BCUT2D eigenvalue weighted by Gasteiger charge is -2.08. The first-order valence-electron chi connectivity index (χ1n) is 5.52. The zero-order valence-electron chi connectivity index (χ0n) is 10.5. The number of nitrogens with zero attached hydrogens (tertiary/aromatic N) is 2. The molecule has 19 heavy (non-hydrogen) atoms. The summed E-state index contributed by atoms with van der Waals surface area (Å²) in [5, 5.41) is 12.2. The van der Waals surface area contributed by atoms with Crippen molar-refractivity contribution in [2.75, 3.05) is 20.7 Å². The van der Waals surface area contributed by atoms with Gasteiger partial charge in [0.1, 0.15) is 11.5 Å². The minimum atomic E-state index is -0.635. The van der Waals surface area contributed by atoms with Gasteiger partial charge in [0.15, 0.2) is 0 Å². The second-order valence-corrected chi connectivity index (χ2v) is 4.03. The first-order valence-corrected chi connectivity index (χ1v) is 5.52. The molecule has 1 aromatic rings. The lowest BCUT2D eigenvalue weighted by atomic mass is 10.2. The Morgan fingerprint density at radius 1 is 1.53 bits per heavy atom. The summed E-state index contributed by atoms with van der Waals surface area (Å²) >= 11 is 0. The van der Waals surface area contributed by atoms with Gasteiger partial charge in [0.2, 0.25) is 11.9 Å². The quantitative estimate of drug-likeness (QED) is 0.781. The molecule has 0 atom stereocenters. The number of hydrogen-bond acceptors (Lipinski definition) is 4. The van der Waals surface area contributed by atoms with E-state index in [0.717, 1.165) is 0 Å². The summed E-state index contributed by atoms with van der Waals surface area (Å²) in [4.78, 5) is 28.3. The average molecular weight is 263 g/mol. The number of phenols is 1. The van der Waals surface area contributed by atoms with Gasteiger partial charge in [0.05, 0.1) is 19.2 Å². The molecule has 1 fully saturated rings. The van der Waals surface area contributed by atoms with Crippen molar-refractivity contribution in [3.05, 3.63) is 23.8 Å². The van der Waals surface area contributed by atoms with Crippen molar-refractivity contribution in [3.8, 4) is 11.5 Å². The minimum Gasteiger partial charge on any atom is -0.507 e. The molecule has 7 heteroatoms. The van der Waals surface area contributed by atoms with Gasteiger partial charge in [-0.3, -0.25) is 14.9 Å². The number of methoxy groups -OCH3 is 1. The van der Waals surface area contributed by atoms with Crippen molar-refractivity contribution < 1.29 is 19.4 Å². The van der Waals surface area contributed by atoms with Crippen molar-refractivity contribution in [1.82, 2.24) is 10.2 Å². The summed E-state index contributed by atoms with van der Waals surface area (Å²) in [5.74, 6) is -0.476. The van der Waals surface area contributed by atoms with Crippen molar-refractivity contribution in [2.24, 2.45) is 4.99 Å².